The molecule has 0 bridgehead atoms. The van der Waals surface area contributed by atoms with E-state index in [0.717, 1.165) is 21.5 Å². The molecule has 2 aromatic rings. The molecule has 0 spiro atoms. The Bertz CT molecular complexity index is 925. The quantitative estimate of drug-likeness (QED) is 0.516. The number of nitrogens with zero attached hydrogens (tertiary/aromatic N) is 1. The van der Waals surface area contributed by atoms with Crippen molar-refractivity contribution >= 4 is 46.1 Å². The predicted octanol–water partition coefficient (Wildman–Crippen LogP) is 4.58. The molecule has 2 heterocycles. The molecule has 1 aliphatic rings. The zero-order valence-electron chi connectivity index (χ0n) is 14.0. The summed E-state index contributed by atoms with van der Waals surface area (Å²) in [6, 6.07) is 7.79. The number of carbonyl (C=O) groups is 3. The van der Waals surface area contributed by atoms with Crippen molar-refractivity contribution in [1.82, 2.24) is 4.90 Å². The molecule has 1 saturated heterocycles. The van der Waals surface area contributed by atoms with E-state index in [4.69, 9.17) is 0 Å². The smallest absolute Gasteiger partial charge is 0.387 e. The first-order chi connectivity index (χ1) is 12.8. The van der Waals surface area contributed by atoms with Crippen molar-refractivity contribution in [3.8, 4) is 5.75 Å². The third-order valence-electron chi connectivity index (χ3n) is 3.64. The number of imide groups is 1. The van der Waals surface area contributed by atoms with Crippen LogP contribution >= 0.6 is 23.1 Å². The van der Waals surface area contributed by atoms with Gasteiger partial charge >= 0.3 is 6.61 Å². The van der Waals surface area contributed by atoms with Gasteiger partial charge in [0, 0.05) is 4.88 Å². The van der Waals surface area contributed by atoms with Crippen molar-refractivity contribution in [2.75, 3.05) is 6.54 Å². The average Bonchev–Trinajstić information content (AvgIpc) is 3.20. The van der Waals surface area contributed by atoms with Gasteiger partial charge in [-0.1, -0.05) is 17.7 Å². The Morgan fingerprint density at radius 3 is 2.74 bits per heavy atom. The van der Waals surface area contributed by atoms with E-state index in [9.17, 15) is 23.2 Å². The van der Waals surface area contributed by atoms with E-state index in [2.05, 4.69) is 4.74 Å². The minimum absolute atomic E-state index is 0.100. The summed E-state index contributed by atoms with van der Waals surface area (Å²) in [6.45, 7) is -1.95. The zero-order chi connectivity index (χ0) is 19.6. The van der Waals surface area contributed by atoms with Gasteiger partial charge in [0.05, 0.1) is 17.0 Å². The Hall–Kier alpha value is -2.52. The SMILES string of the molecule is Cc1ccc(OC(F)F)c(C(=O)CN2C(=O)S/C(=C\c3cccs3)C2=O)c1. The molecule has 0 N–H and O–H groups in total. The van der Waals surface area contributed by atoms with Gasteiger partial charge in [0.15, 0.2) is 5.78 Å². The number of carbonyl (C=O) groups excluding carboxylic acids is 3. The number of rotatable bonds is 6. The molecule has 0 aliphatic carbocycles. The fourth-order valence-electron chi connectivity index (χ4n) is 2.43. The monoisotopic (exact) mass is 409 g/mol. The summed E-state index contributed by atoms with van der Waals surface area (Å²) in [5, 5.41) is 1.25. The van der Waals surface area contributed by atoms with Crippen LogP contribution in [0.3, 0.4) is 0 Å². The molecule has 140 valence electrons. The van der Waals surface area contributed by atoms with Crippen molar-refractivity contribution in [3.05, 3.63) is 56.6 Å². The van der Waals surface area contributed by atoms with Crippen LogP contribution in [0.1, 0.15) is 20.8 Å². The van der Waals surface area contributed by atoms with Crippen LogP contribution in [0.4, 0.5) is 13.6 Å². The molecule has 1 aliphatic heterocycles. The van der Waals surface area contributed by atoms with Crippen LogP contribution in [-0.4, -0.2) is 35.0 Å². The van der Waals surface area contributed by atoms with Gasteiger partial charge in [-0.05, 0) is 48.3 Å². The summed E-state index contributed by atoms with van der Waals surface area (Å²) >= 11 is 2.14. The third kappa shape index (κ3) is 4.42. The molecule has 0 saturated carbocycles. The van der Waals surface area contributed by atoms with Crippen LogP contribution in [-0.2, 0) is 4.79 Å². The maximum Gasteiger partial charge on any atom is 0.387 e. The molecule has 5 nitrogen and oxygen atoms in total. The van der Waals surface area contributed by atoms with Gasteiger partial charge in [-0.3, -0.25) is 19.3 Å². The number of aryl methyl sites for hydroxylation is 1. The van der Waals surface area contributed by atoms with Crippen LogP contribution in [0.15, 0.2) is 40.6 Å². The molecule has 2 amide bonds. The normalized spacial score (nSPS) is 15.9. The maximum absolute atomic E-state index is 12.6. The Morgan fingerprint density at radius 1 is 1.30 bits per heavy atom. The summed E-state index contributed by atoms with van der Waals surface area (Å²) < 4.78 is 29.5. The number of hydrogen-bond donors (Lipinski definition) is 0. The van der Waals surface area contributed by atoms with Gasteiger partial charge in [0.25, 0.3) is 11.1 Å². The highest BCUT2D eigenvalue weighted by Crippen LogP contribution is 2.33. The number of ether oxygens (including phenoxy) is 1. The number of thioether (sulfide) groups is 1. The van der Waals surface area contributed by atoms with Gasteiger partial charge in [-0.25, -0.2) is 0 Å². The molecular weight excluding hydrogens is 396 g/mol. The number of alkyl halides is 2. The molecule has 0 atom stereocenters. The van der Waals surface area contributed by atoms with Crippen LogP contribution in [0.25, 0.3) is 6.08 Å². The molecule has 9 heteroatoms. The predicted molar refractivity (Wildman–Crippen MR) is 99.1 cm³/mol. The van der Waals surface area contributed by atoms with Gasteiger partial charge in [0.2, 0.25) is 0 Å². The van der Waals surface area contributed by atoms with Gasteiger partial charge in [-0.15, -0.1) is 11.3 Å². The third-order valence-corrected chi connectivity index (χ3v) is 5.37. The molecule has 1 fully saturated rings. The number of ketones is 1. The number of Topliss-reactive ketones (excluding diaryl/α,β-unsaturated/α-hetero) is 1. The lowest BCUT2D eigenvalue weighted by Crippen LogP contribution is -2.33. The molecule has 1 aromatic carbocycles. The lowest BCUT2D eigenvalue weighted by atomic mass is 10.1. The minimum Gasteiger partial charge on any atom is -0.434 e. The topological polar surface area (TPSA) is 63.7 Å². The lowest BCUT2D eigenvalue weighted by molar-refractivity contribution is -0.122. The fraction of sp³-hybridized carbons (Fsp3) is 0.167. The standard InChI is InChI=1S/C18H13F2NO4S2/c1-10-4-5-14(25-17(19)20)12(7-10)13(22)9-21-16(23)15(27-18(21)24)8-11-3-2-6-26-11/h2-8,17H,9H2,1H3/b15-8-. The van der Waals surface area contributed by atoms with Crippen molar-refractivity contribution in [2.45, 2.75) is 13.5 Å². The molecular formula is C18H13F2NO4S2. The van der Waals surface area contributed by atoms with E-state index in [1.54, 1.807) is 19.1 Å². The maximum atomic E-state index is 12.6. The van der Waals surface area contributed by atoms with Crippen LogP contribution in [0.2, 0.25) is 0 Å². The van der Waals surface area contributed by atoms with Crippen molar-refractivity contribution in [3.63, 3.8) is 0 Å². The van der Waals surface area contributed by atoms with E-state index < -0.39 is 30.1 Å². The molecule has 0 radical (unpaired) electrons. The number of thiophene rings is 1. The second kappa shape index (κ2) is 8.01. The van der Waals surface area contributed by atoms with E-state index in [0.29, 0.717) is 5.56 Å². The fourth-order valence-corrected chi connectivity index (χ4v) is 3.99. The minimum atomic E-state index is -3.09. The van der Waals surface area contributed by atoms with Crippen LogP contribution < -0.4 is 4.74 Å². The number of halogens is 2. The van der Waals surface area contributed by atoms with Crippen molar-refractivity contribution < 1.29 is 27.9 Å². The van der Waals surface area contributed by atoms with Crippen LogP contribution in [0.5, 0.6) is 5.75 Å². The van der Waals surface area contributed by atoms with E-state index in [1.165, 1.54) is 29.5 Å². The van der Waals surface area contributed by atoms with Crippen LogP contribution in [0, 0.1) is 6.92 Å². The Kier molecular flexibility index (Phi) is 5.71. The number of hydrogen-bond acceptors (Lipinski definition) is 6. The first-order valence-electron chi connectivity index (χ1n) is 7.72. The van der Waals surface area contributed by atoms with Gasteiger partial charge in [-0.2, -0.15) is 8.78 Å². The van der Waals surface area contributed by atoms with E-state index in [1.807, 2.05) is 11.4 Å². The summed E-state index contributed by atoms with van der Waals surface area (Å²) in [7, 11) is 0. The zero-order valence-corrected chi connectivity index (χ0v) is 15.6. The molecule has 3 rings (SSSR count). The molecule has 1 aromatic heterocycles. The Morgan fingerprint density at radius 2 is 2.07 bits per heavy atom. The summed E-state index contributed by atoms with van der Waals surface area (Å²) in [4.78, 5) is 39.0. The molecule has 27 heavy (non-hydrogen) atoms. The number of amides is 2. The van der Waals surface area contributed by atoms with E-state index >= 15 is 0 Å². The highest BCUT2D eigenvalue weighted by molar-refractivity contribution is 8.18. The first-order valence-corrected chi connectivity index (χ1v) is 9.42. The average molecular weight is 409 g/mol. The Balaban J connectivity index is 1.81. The first kappa shape index (κ1) is 19.2. The van der Waals surface area contributed by atoms with Gasteiger partial charge in [0.1, 0.15) is 5.75 Å². The van der Waals surface area contributed by atoms with E-state index in [-0.39, 0.29) is 16.2 Å². The Labute approximate surface area is 161 Å². The number of benzene rings is 1. The van der Waals surface area contributed by atoms with Gasteiger partial charge < -0.3 is 4.74 Å². The highest BCUT2D eigenvalue weighted by Gasteiger charge is 2.37. The lowest BCUT2D eigenvalue weighted by Gasteiger charge is -2.14. The largest absolute Gasteiger partial charge is 0.434 e. The summed E-state index contributed by atoms with van der Waals surface area (Å²) in [5.41, 5.74) is 0.559. The summed E-state index contributed by atoms with van der Waals surface area (Å²) in [6.07, 6.45) is 1.58. The second-order valence-electron chi connectivity index (χ2n) is 5.58. The highest BCUT2D eigenvalue weighted by atomic mass is 32.2. The van der Waals surface area contributed by atoms with Crippen molar-refractivity contribution in [1.29, 1.82) is 0 Å². The summed E-state index contributed by atoms with van der Waals surface area (Å²) in [5.74, 6) is -1.54. The second-order valence-corrected chi connectivity index (χ2v) is 7.56. The molecule has 0 unspecified atom stereocenters. The van der Waals surface area contributed by atoms with Crippen molar-refractivity contribution in [2.24, 2.45) is 0 Å².